The summed E-state index contributed by atoms with van der Waals surface area (Å²) in [5.74, 6) is 0.604. The lowest BCUT2D eigenvalue weighted by Crippen LogP contribution is -2.09. The lowest BCUT2D eigenvalue weighted by Gasteiger charge is -1.89. The molecule has 0 aliphatic rings. The molecule has 0 aliphatic carbocycles. The van der Waals surface area contributed by atoms with Crippen molar-refractivity contribution in [3.8, 4) is 0 Å². The van der Waals surface area contributed by atoms with Gasteiger partial charge in [-0.05, 0) is 6.07 Å². The fourth-order valence-electron chi connectivity index (χ4n) is 0.567. The SMILES string of the molecule is Nc1ccc(CO)c[nH+]1. The summed E-state index contributed by atoms with van der Waals surface area (Å²) in [5, 5.41) is 8.57. The summed E-state index contributed by atoms with van der Waals surface area (Å²) in [7, 11) is 0. The Balaban J connectivity index is 2.88. The van der Waals surface area contributed by atoms with Crippen LogP contribution in [0.2, 0.25) is 0 Å². The summed E-state index contributed by atoms with van der Waals surface area (Å²) in [4.78, 5) is 2.77. The maximum atomic E-state index is 8.57. The van der Waals surface area contributed by atoms with Crippen LogP contribution >= 0.6 is 0 Å². The number of pyridine rings is 1. The Hall–Kier alpha value is -1.09. The van der Waals surface area contributed by atoms with E-state index in [4.69, 9.17) is 10.8 Å². The Morgan fingerprint density at radius 1 is 1.56 bits per heavy atom. The topological polar surface area (TPSA) is 60.4 Å². The maximum Gasteiger partial charge on any atom is 0.270 e. The van der Waals surface area contributed by atoms with Crippen molar-refractivity contribution < 1.29 is 10.1 Å². The maximum absolute atomic E-state index is 8.57. The first-order valence-corrected chi connectivity index (χ1v) is 2.70. The largest absolute Gasteiger partial charge is 0.392 e. The predicted molar refractivity (Wildman–Crippen MR) is 33.3 cm³/mol. The number of hydrogen-bond donors (Lipinski definition) is 2. The summed E-state index contributed by atoms with van der Waals surface area (Å²) >= 11 is 0. The number of aliphatic hydroxyl groups excluding tert-OH is 1. The van der Waals surface area contributed by atoms with Crippen molar-refractivity contribution >= 4 is 5.82 Å². The number of H-pyrrole nitrogens is 1. The molecule has 0 radical (unpaired) electrons. The molecule has 1 heterocycles. The molecular formula is C6H9N2O+. The minimum atomic E-state index is 0.0524. The zero-order valence-corrected chi connectivity index (χ0v) is 4.96. The molecule has 9 heavy (non-hydrogen) atoms. The second kappa shape index (κ2) is 2.46. The number of aromatic amines is 1. The number of anilines is 1. The molecule has 3 heteroatoms. The van der Waals surface area contributed by atoms with Gasteiger partial charge in [0.2, 0.25) is 0 Å². The summed E-state index contributed by atoms with van der Waals surface area (Å²) in [6.45, 7) is 0.0524. The van der Waals surface area contributed by atoms with E-state index in [1.807, 2.05) is 0 Å². The number of aromatic nitrogens is 1. The normalized spacial score (nSPS) is 9.44. The van der Waals surface area contributed by atoms with Crippen molar-refractivity contribution in [3.63, 3.8) is 0 Å². The van der Waals surface area contributed by atoms with Crippen LogP contribution in [0.5, 0.6) is 0 Å². The quantitative estimate of drug-likeness (QED) is 0.535. The van der Waals surface area contributed by atoms with Crippen LogP contribution in [0, 0.1) is 0 Å². The van der Waals surface area contributed by atoms with E-state index in [1.165, 1.54) is 0 Å². The highest BCUT2D eigenvalue weighted by Crippen LogP contribution is 1.95. The van der Waals surface area contributed by atoms with Gasteiger partial charge in [-0.25, -0.2) is 4.98 Å². The van der Waals surface area contributed by atoms with Crippen LogP contribution in [0.3, 0.4) is 0 Å². The van der Waals surface area contributed by atoms with Crippen molar-refractivity contribution in [2.75, 3.05) is 5.73 Å². The highest BCUT2D eigenvalue weighted by Gasteiger charge is 1.91. The van der Waals surface area contributed by atoms with Gasteiger partial charge in [-0.1, -0.05) is 0 Å². The molecule has 0 aromatic carbocycles. The van der Waals surface area contributed by atoms with Crippen LogP contribution in [0.4, 0.5) is 5.82 Å². The van der Waals surface area contributed by atoms with Gasteiger partial charge in [-0.15, -0.1) is 0 Å². The molecule has 0 aliphatic heterocycles. The second-order valence-electron chi connectivity index (χ2n) is 1.81. The Labute approximate surface area is 53.2 Å². The van der Waals surface area contributed by atoms with Gasteiger partial charge in [0.25, 0.3) is 5.82 Å². The molecule has 48 valence electrons. The number of nitrogens with one attached hydrogen (secondary N) is 1. The summed E-state index contributed by atoms with van der Waals surface area (Å²) in [6, 6.07) is 3.48. The van der Waals surface area contributed by atoms with Gasteiger partial charge >= 0.3 is 0 Å². The second-order valence-corrected chi connectivity index (χ2v) is 1.81. The molecule has 0 amide bonds. The van der Waals surface area contributed by atoms with Crippen LogP contribution in [0.25, 0.3) is 0 Å². The molecule has 0 spiro atoms. The molecular weight excluding hydrogens is 116 g/mol. The number of rotatable bonds is 1. The average molecular weight is 125 g/mol. The van der Waals surface area contributed by atoms with Crippen LogP contribution in [-0.2, 0) is 6.61 Å². The first-order valence-electron chi connectivity index (χ1n) is 2.70. The fraction of sp³-hybridized carbons (Fsp3) is 0.167. The molecule has 1 aromatic heterocycles. The first-order chi connectivity index (χ1) is 4.33. The fourth-order valence-corrected chi connectivity index (χ4v) is 0.567. The average Bonchev–Trinajstić information content (AvgIpc) is 1.90. The Bertz CT molecular complexity index is 183. The van der Waals surface area contributed by atoms with Crippen molar-refractivity contribution in [2.24, 2.45) is 0 Å². The minimum Gasteiger partial charge on any atom is -0.392 e. The van der Waals surface area contributed by atoms with E-state index < -0.39 is 0 Å². The smallest absolute Gasteiger partial charge is 0.270 e. The lowest BCUT2D eigenvalue weighted by molar-refractivity contribution is -0.361. The third-order valence-corrected chi connectivity index (χ3v) is 1.08. The van der Waals surface area contributed by atoms with E-state index in [2.05, 4.69) is 4.98 Å². The molecule has 0 fully saturated rings. The summed E-state index contributed by atoms with van der Waals surface area (Å²) in [6.07, 6.45) is 1.68. The Morgan fingerprint density at radius 2 is 2.33 bits per heavy atom. The van der Waals surface area contributed by atoms with E-state index in [-0.39, 0.29) is 6.61 Å². The van der Waals surface area contributed by atoms with E-state index in [0.29, 0.717) is 5.82 Å². The van der Waals surface area contributed by atoms with Crippen LogP contribution in [0.1, 0.15) is 5.56 Å². The third-order valence-electron chi connectivity index (χ3n) is 1.08. The standard InChI is InChI=1S/C6H8N2O/c7-6-2-1-5(4-9)3-8-6/h1-3,9H,4H2,(H2,7,8)/p+1. The predicted octanol–water partition coefficient (Wildman–Crippen LogP) is -0.425. The number of nitrogens with two attached hydrogens (primary N) is 1. The molecule has 3 nitrogen and oxygen atoms in total. The third kappa shape index (κ3) is 1.40. The van der Waals surface area contributed by atoms with E-state index in [9.17, 15) is 0 Å². The molecule has 1 rings (SSSR count). The monoisotopic (exact) mass is 125 g/mol. The molecule has 0 unspecified atom stereocenters. The molecule has 0 saturated carbocycles. The minimum absolute atomic E-state index is 0.0524. The van der Waals surface area contributed by atoms with Gasteiger partial charge in [0, 0.05) is 11.6 Å². The van der Waals surface area contributed by atoms with Crippen molar-refractivity contribution in [2.45, 2.75) is 6.61 Å². The number of hydrogen-bond acceptors (Lipinski definition) is 2. The van der Waals surface area contributed by atoms with E-state index >= 15 is 0 Å². The van der Waals surface area contributed by atoms with Gasteiger partial charge in [-0.2, -0.15) is 0 Å². The molecule has 4 N–H and O–H groups in total. The number of aliphatic hydroxyl groups is 1. The van der Waals surface area contributed by atoms with Gasteiger partial charge in [-0.3, -0.25) is 5.73 Å². The summed E-state index contributed by atoms with van der Waals surface area (Å²) in [5.41, 5.74) is 6.18. The van der Waals surface area contributed by atoms with Gasteiger partial charge in [0.1, 0.15) is 0 Å². The van der Waals surface area contributed by atoms with Gasteiger partial charge < -0.3 is 5.11 Å². The lowest BCUT2D eigenvalue weighted by atomic mass is 10.3. The number of nitrogen functional groups attached to an aromatic ring is 1. The highest BCUT2D eigenvalue weighted by molar-refractivity contribution is 5.21. The zero-order valence-electron chi connectivity index (χ0n) is 4.96. The van der Waals surface area contributed by atoms with E-state index in [1.54, 1.807) is 18.3 Å². The zero-order chi connectivity index (χ0) is 6.69. The van der Waals surface area contributed by atoms with Crippen LogP contribution < -0.4 is 10.7 Å². The molecule has 0 saturated heterocycles. The molecule has 0 bridgehead atoms. The van der Waals surface area contributed by atoms with Gasteiger partial charge in [0.15, 0.2) is 0 Å². The highest BCUT2D eigenvalue weighted by atomic mass is 16.3. The van der Waals surface area contributed by atoms with Gasteiger partial charge in [0.05, 0.1) is 12.8 Å². The van der Waals surface area contributed by atoms with Crippen LogP contribution in [-0.4, -0.2) is 5.11 Å². The van der Waals surface area contributed by atoms with Crippen molar-refractivity contribution in [1.82, 2.24) is 0 Å². The Morgan fingerprint density at radius 3 is 2.78 bits per heavy atom. The van der Waals surface area contributed by atoms with Crippen LogP contribution in [0.15, 0.2) is 18.3 Å². The Kier molecular flexibility index (Phi) is 1.65. The van der Waals surface area contributed by atoms with Crippen molar-refractivity contribution in [3.05, 3.63) is 23.9 Å². The molecule has 1 aromatic rings. The first kappa shape index (κ1) is 6.04. The summed E-state index contributed by atoms with van der Waals surface area (Å²) < 4.78 is 0. The molecule has 0 atom stereocenters. The van der Waals surface area contributed by atoms with Crippen molar-refractivity contribution in [1.29, 1.82) is 0 Å². The van der Waals surface area contributed by atoms with E-state index in [0.717, 1.165) is 5.56 Å².